The van der Waals surface area contributed by atoms with Crippen LogP contribution >= 0.6 is 0 Å². The molecule has 10 heteroatoms. The lowest BCUT2D eigenvalue weighted by Gasteiger charge is -2.32. The molecule has 2 amide bonds. The van der Waals surface area contributed by atoms with Crippen LogP contribution in [0.1, 0.15) is 47.1 Å². The molecule has 39 heavy (non-hydrogen) atoms. The smallest absolute Gasteiger partial charge is 0.420 e. The fraction of sp³-hybridized carbons (Fsp3) is 0.483. The first-order valence-corrected chi connectivity index (χ1v) is 12.4. The van der Waals surface area contributed by atoms with Crippen molar-refractivity contribution in [3.63, 3.8) is 0 Å². The number of imide groups is 1. The van der Waals surface area contributed by atoms with E-state index in [-0.39, 0.29) is 6.42 Å². The first-order valence-electron chi connectivity index (χ1n) is 12.4. The van der Waals surface area contributed by atoms with Crippen LogP contribution in [0.4, 0.5) is 9.59 Å². The van der Waals surface area contributed by atoms with Crippen molar-refractivity contribution in [3.8, 4) is 28.4 Å². The van der Waals surface area contributed by atoms with Crippen LogP contribution in [0, 0.1) is 0 Å². The van der Waals surface area contributed by atoms with Crippen LogP contribution < -0.4 is 14.2 Å². The van der Waals surface area contributed by atoms with Gasteiger partial charge in [0.1, 0.15) is 23.0 Å². The van der Waals surface area contributed by atoms with Crippen molar-refractivity contribution in [2.24, 2.45) is 0 Å². The average Bonchev–Trinajstić information content (AvgIpc) is 2.85. The van der Waals surface area contributed by atoms with Crippen LogP contribution in [-0.4, -0.2) is 68.7 Å². The lowest BCUT2D eigenvalue weighted by molar-refractivity contribution is -0.146. The summed E-state index contributed by atoms with van der Waals surface area (Å²) < 4.78 is 32.3. The molecule has 0 saturated carbocycles. The van der Waals surface area contributed by atoms with E-state index in [1.165, 1.54) is 21.3 Å². The minimum Gasteiger partial charge on any atom is -0.497 e. The zero-order valence-corrected chi connectivity index (χ0v) is 24.4. The summed E-state index contributed by atoms with van der Waals surface area (Å²) in [4.78, 5) is 40.5. The van der Waals surface area contributed by atoms with E-state index in [9.17, 15) is 14.4 Å². The van der Waals surface area contributed by atoms with Crippen LogP contribution in [0.2, 0.25) is 0 Å². The van der Waals surface area contributed by atoms with Crippen molar-refractivity contribution in [2.75, 3.05) is 28.4 Å². The molecule has 10 nitrogen and oxygen atoms in total. The molecule has 2 aromatic rings. The molecule has 1 atom stereocenters. The number of hydrogen-bond donors (Lipinski definition) is 0. The van der Waals surface area contributed by atoms with Gasteiger partial charge in [0.2, 0.25) is 0 Å². The zero-order valence-electron chi connectivity index (χ0n) is 24.4. The summed E-state index contributed by atoms with van der Waals surface area (Å²) >= 11 is 0. The predicted molar refractivity (Wildman–Crippen MR) is 145 cm³/mol. The molecule has 0 spiro atoms. The Morgan fingerprint density at radius 3 is 1.64 bits per heavy atom. The number of nitrogens with zero attached hydrogens (tertiary/aromatic N) is 1. The molecule has 214 valence electrons. The molecule has 0 aliphatic heterocycles. The summed E-state index contributed by atoms with van der Waals surface area (Å²) in [5, 5.41) is 0. The SMILES string of the molecule is COC(=O)C(Cc1cc(OC)c(OC)cc1-c1ccc(OC)cc1)N(C(=O)OC(C)(C)C)C(=O)OC(C)(C)C. The number of carbonyl (C=O) groups is 3. The molecule has 0 aliphatic rings. The van der Waals surface area contributed by atoms with E-state index in [0.717, 1.165) is 5.56 Å². The van der Waals surface area contributed by atoms with Gasteiger partial charge in [0.25, 0.3) is 0 Å². The summed E-state index contributed by atoms with van der Waals surface area (Å²) in [6, 6.07) is 9.30. The highest BCUT2D eigenvalue weighted by molar-refractivity contribution is 5.94. The third-order valence-corrected chi connectivity index (χ3v) is 5.39. The molecular weight excluding hydrogens is 506 g/mol. The second-order valence-electron chi connectivity index (χ2n) is 10.7. The van der Waals surface area contributed by atoms with E-state index in [4.69, 9.17) is 28.4 Å². The van der Waals surface area contributed by atoms with Gasteiger partial charge in [-0.1, -0.05) is 12.1 Å². The number of benzene rings is 2. The van der Waals surface area contributed by atoms with Crippen molar-refractivity contribution >= 4 is 18.2 Å². The van der Waals surface area contributed by atoms with E-state index in [0.29, 0.717) is 33.3 Å². The number of hydrogen-bond acceptors (Lipinski definition) is 9. The number of carbonyl (C=O) groups excluding carboxylic acids is 3. The summed E-state index contributed by atoms with van der Waals surface area (Å²) in [6.45, 7) is 9.93. The molecule has 0 fully saturated rings. The van der Waals surface area contributed by atoms with Crippen LogP contribution in [-0.2, 0) is 25.4 Å². The molecular formula is C29H39NO9. The minimum absolute atomic E-state index is 0.132. The molecule has 0 bridgehead atoms. The molecule has 0 aromatic heterocycles. The monoisotopic (exact) mass is 545 g/mol. The highest BCUT2D eigenvalue weighted by Gasteiger charge is 2.41. The molecule has 0 N–H and O–H groups in total. The van der Waals surface area contributed by atoms with Crippen molar-refractivity contribution in [1.82, 2.24) is 4.90 Å². The topological polar surface area (TPSA) is 110 Å². The Hall–Kier alpha value is -3.95. The number of rotatable bonds is 8. The van der Waals surface area contributed by atoms with E-state index in [1.54, 1.807) is 72.9 Å². The van der Waals surface area contributed by atoms with Crippen molar-refractivity contribution in [2.45, 2.75) is 65.2 Å². The summed E-state index contributed by atoms with van der Waals surface area (Å²) in [7, 11) is 5.75. The van der Waals surface area contributed by atoms with Gasteiger partial charge < -0.3 is 28.4 Å². The quantitative estimate of drug-likeness (QED) is 0.308. The van der Waals surface area contributed by atoms with Gasteiger partial charge in [-0.25, -0.2) is 14.4 Å². The molecule has 0 radical (unpaired) electrons. The molecule has 1 unspecified atom stereocenters. The fourth-order valence-electron chi connectivity index (χ4n) is 3.70. The fourth-order valence-corrected chi connectivity index (χ4v) is 3.70. The predicted octanol–water partition coefficient (Wildman–Crippen LogP) is 5.64. The van der Waals surface area contributed by atoms with Gasteiger partial charge in [-0.05, 0) is 82.5 Å². The Morgan fingerprint density at radius 1 is 0.744 bits per heavy atom. The summed E-state index contributed by atoms with van der Waals surface area (Å²) in [5.41, 5.74) is 0.130. The van der Waals surface area contributed by atoms with Crippen LogP contribution in [0.15, 0.2) is 36.4 Å². The maximum atomic E-state index is 13.3. The van der Waals surface area contributed by atoms with Crippen molar-refractivity contribution in [1.29, 1.82) is 0 Å². The number of methoxy groups -OCH3 is 4. The standard InChI is InChI=1S/C29H39NO9/c1-28(2,3)38-26(32)30(27(33)39-29(4,5)6)22(25(31)37-10)15-19-16-23(35-8)24(36-9)17-21(19)18-11-13-20(34-7)14-12-18/h11-14,16-17,22H,15H2,1-10H3. The maximum absolute atomic E-state index is 13.3. The zero-order chi connectivity index (χ0) is 29.5. The Morgan fingerprint density at radius 2 is 1.23 bits per heavy atom. The third-order valence-electron chi connectivity index (χ3n) is 5.39. The first kappa shape index (κ1) is 31.3. The Labute approximate surface area is 230 Å². The van der Waals surface area contributed by atoms with E-state index in [2.05, 4.69) is 0 Å². The lowest BCUT2D eigenvalue weighted by Crippen LogP contribution is -2.53. The number of esters is 1. The Balaban J connectivity index is 2.72. The van der Waals surface area contributed by atoms with E-state index >= 15 is 0 Å². The molecule has 0 saturated heterocycles. The largest absolute Gasteiger partial charge is 0.497 e. The second-order valence-corrected chi connectivity index (χ2v) is 10.7. The normalized spacial score (nSPS) is 12.2. The average molecular weight is 546 g/mol. The van der Waals surface area contributed by atoms with Gasteiger partial charge in [0.15, 0.2) is 11.5 Å². The molecule has 2 rings (SSSR count). The third kappa shape index (κ3) is 8.53. The van der Waals surface area contributed by atoms with Crippen molar-refractivity contribution in [3.05, 3.63) is 42.0 Å². The van der Waals surface area contributed by atoms with Gasteiger partial charge in [0, 0.05) is 6.42 Å². The van der Waals surface area contributed by atoms with Gasteiger partial charge in [-0.15, -0.1) is 0 Å². The molecule has 0 heterocycles. The van der Waals surface area contributed by atoms with Crippen LogP contribution in [0.25, 0.3) is 11.1 Å². The summed E-state index contributed by atoms with van der Waals surface area (Å²) in [5.74, 6) is 0.684. The Kier molecular flexibility index (Phi) is 10.2. The number of ether oxygens (including phenoxy) is 6. The molecule has 2 aromatic carbocycles. The van der Waals surface area contributed by atoms with Gasteiger partial charge in [-0.2, -0.15) is 4.90 Å². The van der Waals surface area contributed by atoms with Gasteiger partial charge in [-0.3, -0.25) is 0 Å². The van der Waals surface area contributed by atoms with Crippen molar-refractivity contribution < 1.29 is 42.8 Å². The minimum atomic E-state index is -1.42. The Bertz CT molecular complexity index is 1130. The second kappa shape index (κ2) is 12.7. The van der Waals surface area contributed by atoms with Crippen LogP contribution in [0.3, 0.4) is 0 Å². The van der Waals surface area contributed by atoms with E-state index in [1.807, 2.05) is 12.1 Å². The first-order chi connectivity index (χ1) is 18.1. The molecule has 0 aliphatic carbocycles. The van der Waals surface area contributed by atoms with E-state index < -0.39 is 35.4 Å². The highest BCUT2D eigenvalue weighted by atomic mass is 16.6. The van der Waals surface area contributed by atoms with Crippen LogP contribution in [0.5, 0.6) is 17.2 Å². The lowest BCUT2D eigenvalue weighted by atomic mass is 9.93. The van der Waals surface area contributed by atoms with Gasteiger partial charge >= 0.3 is 18.2 Å². The number of amides is 2. The summed E-state index contributed by atoms with van der Waals surface area (Å²) in [6.07, 6.45) is -2.22. The maximum Gasteiger partial charge on any atom is 0.420 e. The highest BCUT2D eigenvalue weighted by Crippen LogP contribution is 2.37. The van der Waals surface area contributed by atoms with Gasteiger partial charge in [0.05, 0.1) is 28.4 Å².